The van der Waals surface area contributed by atoms with Crippen molar-refractivity contribution < 1.29 is 4.79 Å². The Morgan fingerprint density at radius 1 is 1.40 bits per heavy atom. The number of hydroxylamine groups is 1. The fourth-order valence-electron chi connectivity index (χ4n) is 1.61. The quantitative estimate of drug-likeness (QED) is 0.760. The van der Waals surface area contributed by atoms with Gasteiger partial charge in [-0.15, -0.1) is 0 Å². The third-order valence-corrected chi connectivity index (χ3v) is 2.40. The Bertz CT molecular complexity index is 452. The second-order valence-corrected chi connectivity index (χ2v) is 3.45. The zero-order valence-corrected chi connectivity index (χ0v) is 8.57. The average Bonchev–Trinajstić information content (AvgIpc) is 2.23. The molecular formula is C11H11N2O2-. The first-order valence-corrected chi connectivity index (χ1v) is 4.66. The van der Waals surface area contributed by atoms with Gasteiger partial charge in [-0.2, -0.15) is 0 Å². The fraction of sp³-hybridized carbons (Fsp3) is 0.182. The molecule has 0 aliphatic carbocycles. The topological polar surface area (TPSA) is 55.4 Å². The number of nitrogens with one attached hydrogen (secondary N) is 1. The Morgan fingerprint density at radius 2 is 2.07 bits per heavy atom. The van der Waals surface area contributed by atoms with Gasteiger partial charge in [-0.3, -0.25) is 4.79 Å². The van der Waals surface area contributed by atoms with E-state index in [-0.39, 0.29) is 5.78 Å². The summed E-state index contributed by atoms with van der Waals surface area (Å²) in [6.45, 7) is 3.07. The molecular weight excluding hydrogens is 192 g/mol. The van der Waals surface area contributed by atoms with E-state index in [4.69, 9.17) is 0 Å². The lowest BCUT2D eigenvalue weighted by Gasteiger charge is -2.38. The van der Waals surface area contributed by atoms with E-state index in [1.54, 1.807) is 25.1 Å². The van der Waals surface area contributed by atoms with Gasteiger partial charge in [-0.05, 0) is 19.1 Å². The summed E-state index contributed by atoms with van der Waals surface area (Å²) in [4.78, 5) is 11.3. The van der Waals surface area contributed by atoms with E-state index < -0.39 is 0 Å². The van der Waals surface area contributed by atoms with Crippen molar-refractivity contribution in [3.63, 3.8) is 0 Å². The van der Waals surface area contributed by atoms with Crippen LogP contribution in [0.5, 0.6) is 0 Å². The summed E-state index contributed by atoms with van der Waals surface area (Å²) in [5.41, 5.74) is 1.98. The van der Waals surface area contributed by atoms with E-state index in [1.807, 2.05) is 6.07 Å². The molecule has 78 valence electrons. The highest BCUT2D eigenvalue weighted by molar-refractivity contribution is 6.00. The van der Waals surface area contributed by atoms with Crippen LogP contribution in [-0.4, -0.2) is 5.78 Å². The number of ketones is 1. The average molecular weight is 203 g/mol. The summed E-state index contributed by atoms with van der Waals surface area (Å²) >= 11 is 0. The van der Waals surface area contributed by atoms with Crippen LogP contribution < -0.4 is 10.4 Å². The summed E-state index contributed by atoms with van der Waals surface area (Å²) < 4.78 is 0. The third-order valence-electron chi connectivity index (χ3n) is 2.40. The van der Waals surface area contributed by atoms with Gasteiger partial charge < -0.3 is 15.6 Å². The molecule has 2 rings (SSSR count). The number of nitrogens with zero attached hydrogens (tertiary/aromatic N) is 1. The van der Waals surface area contributed by atoms with Gasteiger partial charge in [0.25, 0.3) is 0 Å². The summed E-state index contributed by atoms with van der Waals surface area (Å²) in [5.74, 6) is -0.136. The van der Waals surface area contributed by atoms with Gasteiger partial charge in [-0.1, -0.05) is 12.1 Å². The lowest BCUT2D eigenvalue weighted by atomic mass is 10.1. The zero-order valence-electron chi connectivity index (χ0n) is 8.57. The van der Waals surface area contributed by atoms with Gasteiger partial charge >= 0.3 is 0 Å². The number of benzene rings is 1. The molecule has 0 amide bonds. The minimum atomic E-state index is -0.136. The Kier molecular flexibility index (Phi) is 2.21. The first kappa shape index (κ1) is 9.73. The first-order chi connectivity index (χ1) is 7.11. The lowest BCUT2D eigenvalue weighted by Crippen LogP contribution is -2.26. The van der Waals surface area contributed by atoms with Crippen LogP contribution in [0, 0.1) is 5.21 Å². The molecule has 1 aliphatic rings. The molecule has 4 heteroatoms. The molecule has 1 aliphatic heterocycles. The van der Waals surface area contributed by atoms with Crippen LogP contribution in [0.15, 0.2) is 35.7 Å². The van der Waals surface area contributed by atoms with E-state index in [1.165, 1.54) is 6.92 Å². The normalized spacial score (nSPS) is 14.7. The zero-order chi connectivity index (χ0) is 11.0. The predicted molar refractivity (Wildman–Crippen MR) is 59.3 cm³/mol. The molecule has 0 saturated heterocycles. The highest BCUT2D eigenvalue weighted by Crippen LogP contribution is 2.34. The van der Waals surface area contributed by atoms with Crippen LogP contribution in [0.2, 0.25) is 0 Å². The van der Waals surface area contributed by atoms with Gasteiger partial charge in [0.2, 0.25) is 0 Å². The second kappa shape index (κ2) is 3.40. The van der Waals surface area contributed by atoms with E-state index >= 15 is 0 Å². The smallest absolute Gasteiger partial charge is 0.177 e. The number of rotatable bonds is 1. The molecule has 0 spiro atoms. The van der Waals surface area contributed by atoms with E-state index in [2.05, 4.69) is 5.32 Å². The first-order valence-electron chi connectivity index (χ1n) is 4.66. The molecule has 0 saturated carbocycles. The maximum absolute atomic E-state index is 11.8. The summed E-state index contributed by atoms with van der Waals surface area (Å²) in [5, 5.41) is 15.5. The summed E-state index contributed by atoms with van der Waals surface area (Å²) in [6.07, 6.45) is 0. The van der Waals surface area contributed by atoms with Crippen molar-refractivity contribution in [2.45, 2.75) is 13.8 Å². The van der Waals surface area contributed by atoms with Crippen LogP contribution in [0.4, 0.5) is 11.4 Å². The monoisotopic (exact) mass is 203 g/mol. The van der Waals surface area contributed by atoms with E-state index in [0.29, 0.717) is 22.8 Å². The highest BCUT2D eigenvalue weighted by Gasteiger charge is 2.18. The molecule has 1 heterocycles. The lowest BCUT2D eigenvalue weighted by molar-refractivity contribution is -0.113. The maximum atomic E-state index is 11.8. The molecule has 0 aromatic heterocycles. The number of fused-ring (bicyclic) bond motifs is 1. The van der Waals surface area contributed by atoms with Crippen molar-refractivity contribution >= 4 is 17.2 Å². The van der Waals surface area contributed by atoms with Gasteiger partial charge in [0.1, 0.15) is 5.70 Å². The Morgan fingerprint density at radius 3 is 2.73 bits per heavy atom. The molecule has 1 N–H and O–H groups in total. The maximum Gasteiger partial charge on any atom is 0.177 e. The molecule has 1 aromatic rings. The molecule has 0 fully saturated rings. The number of hydrogen-bond donors (Lipinski definition) is 1. The second-order valence-electron chi connectivity index (χ2n) is 3.45. The van der Waals surface area contributed by atoms with Crippen molar-refractivity contribution in [1.82, 2.24) is 0 Å². The molecule has 0 bridgehead atoms. The van der Waals surface area contributed by atoms with E-state index in [9.17, 15) is 10.0 Å². The molecule has 0 unspecified atom stereocenters. The minimum absolute atomic E-state index is 0.136. The molecule has 0 atom stereocenters. The van der Waals surface area contributed by atoms with Crippen LogP contribution in [0.1, 0.15) is 13.8 Å². The molecule has 1 aromatic carbocycles. The number of anilines is 2. The SMILES string of the molecule is CC(=O)C1=C(C)N([O-])c2ccccc2N1. The summed E-state index contributed by atoms with van der Waals surface area (Å²) in [6, 6.07) is 7.10. The third kappa shape index (κ3) is 1.49. The largest absolute Gasteiger partial charge is 0.754 e. The predicted octanol–water partition coefficient (Wildman–Crippen LogP) is 2.24. The number of carbonyl (C=O) groups is 1. The summed E-state index contributed by atoms with van der Waals surface area (Å²) in [7, 11) is 0. The van der Waals surface area contributed by atoms with Gasteiger partial charge in [0.05, 0.1) is 11.4 Å². The Balaban J connectivity index is 2.52. The number of carbonyl (C=O) groups excluding carboxylic acids is 1. The van der Waals surface area contributed by atoms with Crippen LogP contribution in [-0.2, 0) is 4.79 Å². The van der Waals surface area contributed by atoms with Crippen molar-refractivity contribution in [3.8, 4) is 0 Å². The van der Waals surface area contributed by atoms with Crippen molar-refractivity contribution in [1.29, 1.82) is 0 Å². The van der Waals surface area contributed by atoms with Gasteiger partial charge in [0, 0.05) is 12.6 Å². The van der Waals surface area contributed by atoms with Gasteiger partial charge in [-0.25, -0.2) is 0 Å². The van der Waals surface area contributed by atoms with Crippen LogP contribution in [0.3, 0.4) is 0 Å². The fourth-order valence-corrected chi connectivity index (χ4v) is 1.61. The number of allylic oxidation sites excluding steroid dienone is 2. The minimum Gasteiger partial charge on any atom is -0.754 e. The number of Topliss-reactive ketones (excluding diaryl/α,β-unsaturated/α-hetero) is 1. The van der Waals surface area contributed by atoms with Crippen molar-refractivity contribution in [2.75, 3.05) is 10.4 Å². The van der Waals surface area contributed by atoms with Crippen molar-refractivity contribution in [3.05, 3.63) is 40.9 Å². The van der Waals surface area contributed by atoms with Crippen LogP contribution >= 0.6 is 0 Å². The van der Waals surface area contributed by atoms with Gasteiger partial charge in [0.15, 0.2) is 5.78 Å². The van der Waals surface area contributed by atoms with Crippen LogP contribution in [0.25, 0.3) is 0 Å². The molecule has 4 nitrogen and oxygen atoms in total. The highest BCUT2D eigenvalue weighted by atomic mass is 16.5. The Labute approximate surface area is 87.8 Å². The standard InChI is InChI=1S/C11H11N2O2/c1-7-11(8(2)14)12-9-5-3-4-6-10(9)13(7)15/h3-6,12H,1-2H3/q-1. The van der Waals surface area contributed by atoms with E-state index in [0.717, 1.165) is 5.06 Å². The molecule has 0 radical (unpaired) electrons. The Hall–Kier alpha value is -1.81. The number of hydrogen-bond acceptors (Lipinski definition) is 4. The number of para-hydroxylation sites is 2. The van der Waals surface area contributed by atoms with Crippen molar-refractivity contribution in [2.24, 2.45) is 0 Å². The molecule has 15 heavy (non-hydrogen) atoms.